The molecule has 4 nitrogen and oxygen atoms in total. The van der Waals surface area contributed by atoms with Gasteiger partial charge in [0.1, 0.15) is 5.75 Å². The summed E-state index contributed by atoms with van der Waals surface area (Å²) in [4.78, 5) is 12.3. The van der Waals surface area contributed by atoms with Crippen LogP contribution in [0.4, 0.5) is 8.78 Å². The number of carbonyl (C=O) groups is 1. The van der Waals surface area contributed by atoms with Crippen LogP contribution in [0.1, 0.15) is 24.8 Å². The van der Waals surface area contributed by atoms with Crippen LogP contribution >= 0.6 is 0 Å². The molecule has 0 bridgehead atoms. The molecule has 1 spiro atoms. The average Bonchev–Trinajstić information content (AvgIpc) is 3.19. The minimum atomic E-state index is -2.86. The molecule has 2 aliphatic rings. The fraction of sp³-hybridized carbons (Fsp3) is 0.562. The van der Waals surface area contributed by atoms with E-state index in [0.29, 0.717) is 5.56 Å². The monoisotopic (exact) mass is 310 g/mol. The minimum Gasteiger partial charge on any atom is -0.434 e. The second-order valence-corrected chi connectivity index (χ2v) is 6.07. The lowest BCUT2D eigenvalue weighted by atomic mass is 9.92. The van der Waals surface area contributed by atoms with E-state index in [2.05, 4.69) is 15.4 Å². The first-order valence-electron chi connectivity index (χ1n) is 7.62. The molecule has 6 heteroatoms. The quantitative estimate of drug-likeness (QED) is 0.877. The van der Waals surface area contributed by atoms with E-state index in [1.54, 1.807) is 18.2 Å². The van der Waals surface area contributed by atoms with Gasteiger partial charge >= 0.3 is 6.61 Å². The first-order chi connectivity index (χ1) is 10.6. The van der Waals surface area contributed by atoms with Gasteiger partial charge in [-0.05, 0) is 43.8 Å². The maximum absolute atomic E-state index is 12.4. The number of ether oxygens (including phenoxy) is 1. The molecular formula is C16H20F2N2O2. The molecule has 1 amide bonds. The Kier molecular flexibility index (Phi) is 4.29. The van der Waals surface area contributed by atoms with Gasteiger partial charge in [-0.1, -0.05) is 18.2 Å². The lowest BCUT2D eigenvalue weighted by molar-refractivity contribution is -0.123. The van der Waals surface area contributed by atoms with Crippen molar-refractivity contribution in [2.45, 2.75) is 32.4 Å². The number of hydrogen-bond donors (Lipinski definition) is 2. The summed E-state index contributed by atoms with van der Waals surface area (Å²) in [7, 11) is 0. The van der Waals surface area contributed by atoms with E-state index in [1.165, 1.54) is 6.07 Å². The number of rotatable bonds is 5. The third kappa shape index (κ3) is 3.21. The maximum atomic E-state index is 12.4. The summed E-state index contributed by atoms with van der Waals surface area (Å²) in [5.74, 6) is 0.205. The standard InChI is InChI=1S/C16H20F2N2O2/c17-15(18)22-13-4-2-1-3-11(13)10-20-14(21)12-9-16(12)5-7-19-8-6-16/h1-4,12,15,19H,5-10H2,(H,20,21). The number of halogens is 2. The zero-order valence-electron chi connectivity index (χ0n) is 12.3. The Labute approximate surface area is 128 Å². The van der Waals surface area contributed by atoms with Crippen molar-refractivity contribution < 1.29 is 18.3 Å². The van der Waals surface area contributed by atoms with Gasteiger partial charge in [0, 0.05) is 18.0 Å². The highest BCUT2D eigenvalue weighted by Gasteiger charge is 2.57. The topological polar surface area (TPSA) is 50.4 Å². The van der Waals surface area contributed by atoms with Crippen molar-refractivity contribution in [2.75, 3.05) is 13.1 Å². The SMILES string of the molecule is O=C(NCc1ccccc1OC(F)F)C1CC12CCNCC2. The van der Waals surface area contributed by atoms with Crippen LogP contribution in [0.25, 0.3) is 0 Å². The molecule has 1 saturated heterocycles. The van der Waals surface area contributed by atoms with Crippen molar-refractivity contribution in [3.8, 4) is 5.75 Å². The maximum Gasteiger partial charge on any atom is 0.387 e. The van der Waals surface area contributed by atoms with Gasteiger partial charge in [0.05, 0.1) is 0 Å². The van der Waals surface area contributed by atoms with Crippen LogP contribution < -0.4 is 15.4 Å². The molecule has 1 aromatic carbocycles. The summed E-state index contributed by atoms with van der Waals surface area (Å²) in [6, 6.07) is 6.55. The van der Waals surface area contributed by atoms with Crippen molar-refractivity contribution in [3.05, 3.63) is 29.8 Å². The van der Waals surface area contributed by atoms with E-state index in [-0.39, 0.29) is 29.5 Å². The molecule has 0 radical (unpaired) electrons. The Bertz CT molecular complexity index is 545. The second-order valence-electron chi connectivity index (χ2n) is 6.07. The number of piperidine rings is 1. The largest absolute Gasteiger partial charge is 0.434 e. The molecular weight excluding hydrogens is 290 g/mol. The Morgan fingerprint density at radius 3 is 2.82 bits per heavy atom. The van der Waals surface area contributed by atoms with Crippen molar-refractivity contribution in [1.82, 2.24) is 10.6 Å². The average molecular weight is 310 g/mol. The fourth-order valence-corrected chi connectivity index (χ4v) is 3.36. The molecule has 0 aromatic heterocycles. The molecule has 1 unspecified atom stereocenters. The second kappa shape index (κ2) is 6.20. The molecule has 1 aromatic rings. The van der Waals surface area contributed by atoms with Crippen LogP contribution in [0.3, 0.4) is 0 Å². The van der Waals surface area contributed by atoms with Gasteiger partial charge in [0.25, 0.3) is 0 Å². The van der Waals surface area contributed by atoms with Crippen LogP contribution in [0.5, 0.6) is 5.75 Å². The smallest absolute Gasteiger partial charge is 0.387 e. The van der Waals surface area contributed by atoms with Crippen LogP contribution in [0, 0.1) is 11.3 Å². The number of alkyl halides is 2. The van der Waals surface area contributed by atoms with Crippen molar-refractivity contribution >= 4 is 5.91 Å². The van der Waals surface area contributed by atoms with Crippen LogP contribution in [-0.4, -0.2) is 25.6 Å². The summed E-state index contributed by atoms with van der Waals surface area (Å²) >= 11 is 0. The van der Waals surface area contributed by atoms with E-state index in [4.69, 9.17) is 0 Å². The third-order valence-electron chi connectivity index (χ3n) is 4.75. The molecule has 1 heterocycles. The zero-order chi connectivity index (χ0) is 15.6. The highest BCUT2D eigenvalue weighted by molar-refractivity contribution is 5.82. The number of nitrogens with one attached hydrogen (secondary N) is 2. The lowest BCUT2D eigenvalue weighted by Gasteiger charge is -2.23. The van der Waals surface area contributed by atoms with Crippen molar-refractivity contribution in [3.63, 3.8) is 0 Å². The van der Waals surface area contributed by atoms with E-state index < -0.39 is 6.61 Å². The fourth-order valence-electron chi connectivity index (χ4n) is 3.36. The molecule has 1 saturated carbocycles. The van der Waals surface area contributed by atoms with E-state index in [9.17, 15) is 13.6 Å². The van der Waals surface area contributed by atoms with Crippen molar-refractivity contribution in [1.29, 1.82) is 0 Å². The molecule has 2 N–H and O–H groups in total. The summed E-state index contributed by atoms with van der Waals surface area (Å²) in [5.41, 5.74) is 0.741. The number of hydrogen-bond acceptors (Lipinski definition) is 3. The van der Waals surface area contributed by atoms with Gasteiger partial charge in [0.15, 0.2) is 0 Å². The minimum absolute atomic E-state index is 0.0220. The van der Waals surface area contributed by atoms with E-state index >= 15 is 0 Å². The van der Waals surface area contributed by atoms with Gasteiger partial charge in [-0.25, -0.2) is 0 Å². The first kappa shape index (κ1) is 15.2. The zero-order valence-corrected chi connectivity index (χ0v) is 12.3. The summed E-state index contributed by atoms with van der Waals surface area (Å²) < 4.78 is 29.2. The van der Waals surface area contributed by atoms with Gasteiger partial charge in [0.2, 0.25) is 5.91 Å². The Balaban J connectivity index is 1.56. The molecule has 120 valence electrons. The summed E-state index contributed by atoms with van der Waals surface area (Å²) in [5, 5.41) is 6.17. The van der Waals surface area contributed by atoms with E-state index in [0.717, 1.165) is 32.4 Å². The molecule has 1 atom stereocenters. The molecule has 22 heavy (non-hydrogen) atoms. The number of carbonyl (C=O) groups excluding carboxylic acids is 1. The Morgan fingerprint density at radius 2 is 2.09 bits per heavy atom. The molecule has 3 rings (SSSR count). The predicted octanol–water partition coefficient (Wildman–Crippen LogP) is 2.29. The molecule has 2 fully saturated rings. The third-order valence-corrected chi connectivity index (χ3v) is 4.75. The normalized spacial score (nSPS) is 22.6. The van der Waals surface area contributed by atoms with Gasteiger partial charge < -0.3 is 15.4 Å². The van der Waals surface area contributed by atoms with Gasteiger partial charge in [-0.3, -0.25) is 4.79 Å². The van der Waals surface area contributed by atoms with Crippen molar-refractivity contribution in [2.24, 2.45) is 11.3 Å². The van der Waals surface area contributed by atoms with Gasteiger partial charge in [-0.2, -0.15) is 8.78 Å². The molecule has 1 aliphatic carbocycles. The number of benzene rings is 1. The van der Waals surface area contributed by atoms with Crippen LogP contribution in [0.2, 0.25) is 0 Å². The highest BCUT2D eigenvalue weighted by Crippen LogP contribution is 2.58. The Morgan fingerprint density at radius 1 is 1.36 bits per heavy atom. The first-order valence-corrected chi connectivity index (χ1v) is 7.62. The van der Waals surface area contributed by atoms with Crippen LogP contribution in [0.15, 0.2) is 24.3 Å². The Hall–Kier alpha value is -1.69. The van der Waals surface area contributed by atoms with E-state index in [1.807, 2.05) is 0 Å². The molecule has 1 aliphatic heterocycles. The highest BCUT2D eigenvalue weighted by atomic mass is 19.3. The number of amides is 1. The van der Waals surface area contributed by atoms with Gasteiger partial charge in [-0.15, -0.1) is 0 Å². The summed E-state index contributed by atoms with van der Waals surface area (Å²) in [6.07, 6.45) is 3.02. The lowest BCUT2D eigenvalue weighted by Crippen LogP contribution is -2.33. The predicted molar refractivity (Wildman–Crippen MR) is 77.6 cm³/mol. The summed E-state index contributed by atoms with van der Waals surface area (Å²) in [6.45, 7) is -0.714. The number of para-hydroxylation sites is 1. The van der Waals surface area contributed by atoms with Crippen LogP contribution in [-0.2, 0) is 11.3 Å².